The lowest BCUT2D eigenvalue weighted by Gasteiger charge is -2.12. The number of hydrogen-bond acceptors (Lipinski definition) is 4. The fourth-order valence-corrected chi connectivity index (χ4v) is 2.10. The molecule has 2 aromatic rings. The monoisotopic (exact) mass is 259 g/mol. The molecule has 0 spiro atoms. The minimum absolute atomic E-state index is 0.504. The largest absolute Gasteiger partial charge is 0.461 e. The van der Waals surface area contributed by atoms with E-state index in [4.69, 9.17) is 4.42 Å². The van der Waals surface area contributed by atoms with Crippen molar-refractivity contribution >= 4 is 0 Å². The fraction of sp³-hybridized carbons (Fsp3) is 0.467. The quantitative estimate of drug-likeness (QED) is 0.897. The Hall–Kier alpha value is -1.68. The Bertz CT molecular complexity index is 509. The molecule has 0 aliphatic heterocycles. The molecule has 102 valence electrons. The molecule has 0 aliphatic carbocycles. The van der Waals surface area contributed by atoms with Crippen molar-refractivity contribution < 1.29 is 4.42 Å². The summed E-state index contributed by atoms with van der Waals surface area (Å²) >= 11 is 0. The Labute approximate surface area is 114 Å². The van der Waals surface area contributed by atoms with Crippen LogP contribution in [0.3, 0.4) is 0 Å². The van der Waals surface area contributed by atoms with Gasteiger partial charge in [0.1, 0.15) is 0 Å². The maximum atomic E-state index is 5.34. The van der Waals surface area contributed by atoms with E-state index in [1.54, 1.807) is 6.26 Å². The maximum Gasteiger partial charge on any atom is 0.196 e. The van der Waals surface area contributed by atoms with Gasteiger partial charge in [0.25, 0.3) is 0 Å². The van der Waals surface area contributed by atoms with Gasteiger partial charge in [0.05, 0.1) is 6.26 Å². The third-order valence-corrected chi connectivity index (χ3v) is 3.09. The SMILES string of the molecule is Cc1nc(-c2ccco2)nc(C)c1CCNC(C)C. The highest BCUT2D eigenvalue weighted by Crippen LogP contribution is 2.19. The normalized spacial score (nSPS) is 11.2. The van der Waals surface area contributed by atoms with Crippen LogP contribution in [-0.4, -0.2) is 22.6 Å². The van der Waals surface area contributed by atoms with Crippen LogP contribution >= 0.6 is 0 Å². The standard InChI is InChI=1S/C15H21N3O/c1-10(2)16-8-7-13-11(3)17-15(18-12(13)4)14-6-5-9-19-14/h5-6,9-10,16H,7-8H2,1-4H3. The summed E-state index contributed by atoms with van der Waals surface area (Å²) in [5, 5.41) is 3.42. The first-order valence-electron chi connectivity index (χ1n) is 6.69. The maximum absolute atomic E-state index is 5.34. The second kappa shape index (κ2) is 5.97. The molecule has 4 nitrogen and oxygen atoms in total. The number of aryl methyl sites for hydroxylation is 2. The van der Waals surface area contributed by atoms with Crippen molar-refractivity contribution in [2.75, 3.05) is 6.54 Å². The third-order valence-electron chi connectivity index (χ3n) is 3.09. The topological polar surface area (TPSA) is 51.0 Å². The predicted octanol–water partition coefficient (Wildman–Crippen LogP) is 2.89. The minimum Gasteiger partial charge on any atom is -0.461 e. The zero-order valence-corrected chi connectivity index (χ0v) is 12.0. The average Bonchev–Trinajstić information content (AvgIpc) is 2.85. The molecule has 0 aliphatic rings. The van der Waals surface area contributed by atoms with Crippen LogP contribution in [0.1, 0.15) is 30.8 Å². The summed E-state index contributed by atoms with van der Waals surface area (Å²) < 4.78 is 5.34. The van der Waals surface area contributed by atoms with Crippen LogP contribution < -0.4 is 5.32 Å². The number of nitrogens with zero attached hydrogens (tertiary/aromatic N) is 2. The van der Waals surface area contributed by atoms with E-state index < -0.39 is 0 Å². The van der Waals surface area contributed by atoms with Crippen molar-refractivity contribution in [2.45, 2.75) is 40.2 Å². The summed E-state index contributed by atoms with van der Waals surface area (Å²) in [4.78, 5) is 9.08. The van der Waals surface area contributed by atoms with Gasteiger partial charge in [-0.3, -0.25) is 0 Å². The molecule has 0 radical (unpaired) electrons. The summed E-state index contributed by atoms with van der Waals surface area (Å²) in [7, 11) is 0. The molecule has 2 rings (SSSR count). The van der Waals surface area contributed by atoms with Gasteiger partial charge in [0.15, 0.2) is 11.6 Å². The average molecular weight is 259 g/mol. The summed E-state index contributed by atoms with van der Waals surface area (Å²) in [6.07, 6.45) is 2.60. The van der Waals surface area contributed by atoms with Crippen molar-refractivity contribution in [3.05, 3.63) is 35.3 Å². The Balaban J connectivity index is 2.18. The van der Waals surface area contributed by atoms with Crippen molar-refractivity contribution in [2.24, 2.45) is 0 Å². The van der Waals surface area contributed by atoms with Crippen LogP contribution in [0, 0.1) is 13.8 Å². The summed E-state index contributed by atoms with van der Waals surface area (Å²) in [6.45, 7) is 9.31. The van der Waals surface area contributed by atoms with Crippen molar-refractivity contribution in [1.29, 1.82) is 0 Å². The lowest BCUT2D eigenvalue weighted by atomic mass is 10.1. The molecular weight excluding hydrogens is 238 g/mol. The summed E-state index contributed by atoms with van der Waals surface area (Å²) in [5.74, 6) is 1.39. The fourth-order valence-electron chi connectivity index (χ4n) is 2.10. The second-order valence-electron chi connectivity index (χ2n) is 5.03. The smallest absolute Gasteiger partial charge is 0.196 e. The molecule has 0 saturated carbocycles. The molecule has 1 N–H and O–H groups in total. The number of aromatic nitrogens is 2. The van der Waals surface area contributed by atoms with Crippen LogP contribution in [0.25, 0.3) is 11.6 Å². The van der Waals surface area contributed by atoms with Crippen LogP contribution in [0.5, 0.6) is 0 Å². The minimum atomic E-state index is 0.504. The molecule has 0 saturated heterocycles. The third kappa shape index (κ3) is 3.41. The lowest BCUT2D eigenvalue weighted by molar-refractivity contribution is 0.575. The van der Waals surface area contributed by atoms with E-state index in [1.165, 1.54) is 5.56 Å². The number of hydrogen-bond donors (Lipinski definition) is 1. The van der Waals surface area contributed by atoms with E-state index >= 15 is 0 Å². The molecule has 0 unspecified atom stereocenters. The highest BCUT2D eigenvalue weighted by Gasteiger charge is 2.11. The van der Waals surface area contributed by atoms with E-state index in [2.05, 4.69) is 29.1 Å². The van der Waals surface area contributed by atoms with Gasteiger partial charge in [-0.15, -0.1) is 0 Å². The molecule has 0 aromatic carbocycles. The predicted molar refractivity (Wildman–Crippen MR) is 76.1 cm³/mol. The first kappa shape index (κ1) is 13.7. The zero-order valence-electron chi connectivity index (χ0n) is 12.0. The molecule has 2 heterocycles. The van der Waals surface area contributed by atoms with E-state index in [0.29, 0.717) is 11.9 Å². The summed E-state index contributed by atoms with van der Waals surface area (Å²) in [5.41, 5.74) is 3.29. The first-order valence-corrected chi connectivity index (χ1v) is 6.69. The number of nitrogens with one attached hydrogen (secondary N) is 1. The van der Waals surface area contributed by atoms with E-state index in [9.17, 15) is 0 Å². The van der Waals surface area contributed by atoms with Gasteiger partial charge in [0, 0.05) is 17.4 Å². The Morgan fingerprint density at radius 2 is 1.89 bits per heavy atom. The molecule has 2 aromatic heterocycles. The molecular formula is C15H21N3O. The molecule has 0 amide bonds. The van der Waals surface area contributed by atoms with E-state index in [0.717, 1.165) is 30.1 Å². The van der Waals surface area contributed by atoms with Gasteiger partial charge < -0.3 is 9.73 Å². The Morgan fingerprint density at radius 3 is 2.42 bits per heavy atom. The van der Waals surface area contributed by atoms with Gasteiger partial charge >= 0.3 is 0 Å². The van der Waals surface area contributed by atoms with E-state index in [1.807, 2.05) is 26.0 Å². The molecule has 19 heavy (non-hydrogen) atoms. The van der Waals surface area contributed by atoms with Crippen molar-refractivity contribution in [3.63, 3.8) is 0 Å². The van der Waals surface area contributed by atoms with Crippen LogP contribution in [-0.2, 0) is 6.42 Å². The van der Waals surface area contributed by atoms with E-state index in [-0.39, 0.29) is 0 Å². The number of rotatable bonds is 5. The summed E-state index contributed by atoms with van der Waals surface area (Å²) in [6, 6.07) is 4.24. The zero-order chi connectivity index (χ0) is 13.8. The number of furan rings is 1. The second-order valence-corrected chi connectivity index (χ2v) is 5.03. The lowest BCUT2D eigenvalue weighted by Crippen LogP contribution is -2.25. The Kier molecular flexibility index (Phi) is 4.32. The highest BCUT2D eigenvalue weighted by atomic mass is 16.3. The van der Waals surface area contributed by atoms with Gasteiger partial charge in [-0.2, -0.15) is 0 Å². The van der Waals surface area contributed by atoms with Crippen LogP contribution in [0.15, 0.2) is 22.8 Å². The molecule has 0 fully saturated rings. The molecule has 0 atom stereocenters. The molecule has 4 heteroatoms. The van der Waals surface area contributed by atoms with Gasteiger partial charge in [-0.1, -0.05) is 13.8 Å². The van der Waals surface area contributed by atoms with Gasteiger partial charge in [-0.25, -0.2) is 9.97 Å². The Morgan fingerprint density at radius 1 is 1.21 bits per heavy atom. The molecule has 0 bridgehead atoms. The van der Waals surface area contributed by atoms with Gasteiger partial charge in [-0.05, 0) is 44.5 Å². The van der Waals surface area contributed by atoms with Gasteiger partial charge in [0.2, 0.25) is 0 Å². The van der Waals surface area contributed by atoms with Crippen molar-refractivity contribution in [1.82, 2.24) is 15.3 Å². The highest BCUT2D eigenvalue weighted by molar-refractivity contribution is 5.48. The van der Waals surface area contributed by atoms with Crippen molar-refractivity contribution in [3.8, 4) is 11.6 Å². The first-order chi connectivity index (χ1) is 9.08. The van der Waals surface area contributed by atoms with Crippen LogP contribution in [0.4, 0.5) is 0 Å². The van der Waals surface area contributed by atoms with Crippen LogP contribution in [0.2, 0.25) is 0 Å².